The van der Waals surface area contributed by atoms with E-state index >= 15 is 0 Å². The van der Waals surface area contributed by atoms with Crippen molar-refractivity contribution in [3.63, 3.8) is 0 Å². The van der Waals surface area contributed by atoms with Crippen LogP contribution in [-0.4, -0.2) is 18.4 Å². The second-order valence-electron chi connectivity index (χ2n) is 7.26. The molecule has 0 radical (unpaired) electrons. The summed E-state index contributed by atoms with van der Waals surface area (Å²) in [6.07, 6.45) is 0. The summed E-state index contributed by atoms with van der Waals surface area (Å²) in [4.78, 5) is 26.5. The second kappa shape index (κ2) is 7.80. The summed E-state index contributed by atoms with van der Waals surface area (Å²) in [5, 5.41) is 2.82. The molecule has 0 bridgehead atoms. The van der Waals surface area contributed by atoms with Gasteiger partial charge in [0.15, 0.2) is 6.61 Å². The molecule has 0 spiro atoms. The van der Waals surface area contributed by atoms with Gasteiger partial charge in [-0.2, -0.15) is 0 Å². The molecule has 0 atom stereocenters. The molecule has 2 amide bonds. The molecule has 146 valence electrons. The van der Waals surface area contributed by atoms with E-state index in [0.29, 0.717) is 18.0 Å². The number of anilines is 2. The smallest absolute Gasteiger partial charge is 0.262 e. The van der Waals surface area contributed by atoms with Gasteiger partial charge in [-0.3, -0.25) is 9.59 Å². The molecule has 5 nitrogen and oxygen atoms in total. The van der Waals surface area contributed by atoms with Gasteiger partial charge >= 0.3 is 0 Å². The maximum Gasteiger partial charge on any atom is 0.262 e. The van der Waals surface area contributed by atoms with E-state index in [9.17, 15) is 9.59 Å². The van der Waals surface area contributed by atoms with Crippen LogP contribution >= 0.6 is 0 Å². The third-order valence-electron chi connectivity index (χ3n) is 4.85. The summed E-state index contributed by atoms with van der Waals surface area (Å²) in [6, 6.07) is 20.8. The number of nitrogens with zero attached hydrogens (tertiary/aromatic N) is 1. The highest BCUT2D eigenvalue weighted by Gasteiger charge is 2.27. The van der Waals surface area contributed by atoms with E-state index in [1.54, 1.807) is 17.0 Å². The van der Waals surface area contributed by atoms with Crippen LogP contribution in [-0.2, 0) is 11.3 Å². The normalized spacial score (nSPS) is 12.6. The highest BCUT2D eigenvalue weighted by atomic mass is 16.5. The number of amides is 2. The number of benzene rings is 3. The summed E-state index contributed by atoms with van der Waals surface area (Å²) in [5.74, 6) is 0.445. The molecule has 0 fully saturated rings. The van der Waals surface area contributed by atoms with Gasteiger partial charge in [0.1, 0.15) is 5.75 Å². The van der Waals surface area contributed by atoms with Crippen molar-refractivity contribution in [3.05, 3.63) is 89.0 Å². The summed E-state index contributed by atoms with van der Waals surface area (Å²) >= 11 is 0. The molecule has 3 aromatic rings. The molecule has 0 aromatic heterocycles. The Bertz CT molecular complexity index is 1050. The van der Waals surface area contributed by atoms with Crippen molar-refractivity contribution in [2.24, 2.45) is 0 Å². The molecule has 0 aliphatic carbocycles. The van der Waals surface area contributed by atoms with Crippen molar-refractivity contribution >= 4 is 23.2 Å². The Morgan fingerprint density at radius 1 is 1.00 bits per heavy atom. The summed E-state index contributed by atoms with van der Waals surface area (Å²) in [6.45, 7) is 4.48. The summed E-state index contributed by atoms with van der Waals surface area (Å²) in [5.41, 5.74) is 5.42. The quantitative estimate of drug-likeness (QED) is 0.703. The van der Waals surface area contributed by atoms with E-state index in [-0.39, 0.29) is 18.4 Å². The zero-order chi connectivity index (χ0) is 20.4. The van der Waals surface area contributed by atoms with Gasteiger partial charge in [-0.25, -0.2) is 0 Å². The number of fused-ring (bicyclic) bond motifs is 1. The van der Waals surface area contributed by atoms with Crippen molar-refractivity contribution in [2.45, 2.75) is 20.4 Å². The fourth-order valence-electron chi connectivity index (χ4n) is 3.55. The monoisotopic (exact) mass is 386 g/mol. The molecule has 0 unspecified atom stereocenters. The number of carbonyl (C=O) groups is 2. The van der Waals surface area contributed by atoms with Crippen LogP contribution in [0.25, 0.3) is 0 Å². The lowest BCUT2D eigenvalue weighted by Crippen LogP contribution is -2.23. The first-order chi connectivity index (χ1) is 14.0. The number of carbonyl (C=O) groups excluding carboxylic acids is 2. The van der Waals surface area contributed by atoms with Gasteiger partial charge in [0.05, 0.1) is 6.54 Å². The van der Waals surface area contributed by atoms with Crippen molar-refractivity contribution in [1.29, 1.82) is 0 Å². The van der Waals surface area contributed by atoms with Gasteiger partial charge in [0.25, 0.3) is 11.8 Å². The molecule has 1 aliphatic rings. The highest BCUT2D eigenvalue weighted by molar-refractivity contribution is 6.10. The van der Waals surface area contributed by atoms with Crippen LogP contribution in [0.1, 0.15) is 27.0 Å². The zero-order valence-electron chi connectivity index (χ0n) is 16.4. The molecule has 1 N–H and O–H groups in total. The zero-order valence-corrected chi connectivity index (χ0v) is 16.4. The third kappa shape index (κ3) is 4.14. The Hall–Kier alpha value is -3.60. The molecule has 1 heterocycles. The molecular formula is C24H22N2O3. The van der Waals surface area contributed by atoms with Crippen LogP contribution in [0.15, 0.2) is 66.7 Å². The van der Waals surface area contributed by atoms with Crippen LogP contribution in [0, 0.1) is 13.8 Å². The molecule has 0 saturated carbocycles. The second-order valence-corrected chi connectivity index (χ2v) is 7.26. The first-order valence-corrected chi connectivity index (χ1v) is 9.50. The van der Waals surface area contributed by atoms with Crippen molar-refractivity contribution in [1.82, 2.24) is 0 Å². The van der Waals surface area contributed by atoms with Crippen LogP contribution < -0.4 is 15.0 Å². The van der Waals surface area contributed by atoms with Crippen LogP contribution in [0.4, 0.5) is 11.4 Å². The Morgan fingerprint density at radius 2 is 1.69 bits per heavy atom. The minimum absolute atomic E-state index is 0.000710. The summed E-state index contributed by atoms with van der Waals surface area (Å²) < 4.78 is 5.59. The van der Waals surface area contributed by atoms with Gasteiger partial charge in [-0.15, -0.1) is 0 Å². The molecular weight excluding hydrogens is 364 g/mol. The molecule has 4 rings (SSSR count). The topological polar surface area (TPSA) is 58.6 Å². The Labute approximate surface area is 169 Å². The maximum absolute atomic E-state index is 12.6. The number of ether oxygens (including phenoxy) is 1. The van der Waals surface area contributed by atoms with E-state index in [4.69, 9.17) is 4.74 Å². The molecule has 1 aliphatic heterocycles. The maximum atomic E-state index is 12.6. The van der Waals surface area contributed by atoms with Gasteiger partial charge in [0, 0.05) is 16.9 Å². The highest BCUT2D eigenvalue weighted by Crippen LogP contribution is 2.28. The number of hydrogen-bond donors (Lipinski definition) is 1. The number of aryl methyl sites for hydroxylation is 2. The molecule has 0 saturated heterocycles. The molecule has 3 aromatic carbocycles. The fourth-order valence-corrected chi connectivity index (χ4v) is 3.55. The van der Waals surface area contributed by atoms with E-state index in [2.05, 4.69) is 11.4 Å². The standard InChI is InChI=1S/C24H22N2O3/c1-16-11-17(2)13-21(12-16)29-15-23(27)25-19-7-9-20(10-8-19)26-14-18-5-3-4-6-22(18)24(26)28/h3-13H,14-15H2,1-2H3,(H,25,27). The lowest BCUT2D eigenvalue weighted by molar-refractivity contribution is -0.118. The first kappa shape index (κ1) is 18.7. The minimum atomic E-state index is -0.235. The van der Waals surface area contributed by atoms with Gasteiger partial charge in [0.2, 0.25) is 0 Å². The van der Waals surface area contributed by atoms with Crippen molar-refractivity contribution in [3.8, 4) is 5.75 Å². The van der Waals surface area contributed by atoms with E-state index in [1.165, 1.54) is 0 Å². The molecule has 5 heteroatoms. The summed E-state index contributed by atoms with van der Waals surface area (Å²) in [7, 11) is 0. The van der Waals surface area contributed by atoms with Gasteiger partial charge in [-0.05, 0) is 73.0 Å². The van der Waals surface area contributed by atoms with Gasteiger partial charge < -0.3 is 15.0 Å². The van der Waals surface area contributed by atoms with Crippen LogP contribution in [0.3, 0.4) is 0 Å². The van der Waals surface area contributed by atoms with E-state index < -0.39 is 0 Å². The van der Waals surface area contributed by atoms with Crippen molar-refractivity contribution in [2.75, 3.05) is 16.8 Å². The third-order valence-corrected chi connectivity index (χ3v) is 4.85. The largest absolute Gasteiger partial charge is 0.484 e. The van der Waals surface area contributed by atoms with Gasteiger partial charge in [-0.1, -0.05) is 24.3 Å². The first-order valence-electron chi connectivity index (χ1n) is 9.50. The SMILES string of the molecule is Cc1cc(C)cc(OCC(=O)Nc2ccc(N3Cc4ccccc4C3=O)cc2)c1. The number of hydrogen-bond acceptors (Lipinski definition) is 3. The number of rotatable bonds is 5. The predicted octanol–water partition coefficient (Wildman–Crippen LogP) is 4.48. The Balaban J connectivity index is 1.36. The van der Waals surface area contributed by atoms with Crippen molar-refractivity contribution < 1.29 is 14.3 Å². The average Bonchev–Trinajstić information content (AvgIpc) is 3.03. The average molecular weight is 386 g/mol. The number of nitrogens with one attached hydrogen (secondary N) is 1. The molecule has 29 heavy (non-hydrogen) atoms. The predicted molar refractivity (Wildman–Crippen MR) is 113 cm³/mol. The lowest BCUT2D eigenvalue weighted by atomic mass is 10.1. The fraction of sp³-hybridized carbons (Fsp3) is 0.167. The van der Waals surface area contributed by atoms with Crippen LogP contribution in [0.5, 0.6) is 5.75 Å². The lowest BCUT2D eigenvalue weighted by Gasteiger charge is -2.16. The van der Waals surface area contributed by atoms with E-state index in [0.717, 1.165) is 27.9 Å². The van der Waals surface area contributed by atoms with Crippen LogP contribution in [0.2, 0.25) is 0 Å². The Kier molecular flexibility index (Phi) is 5.04. The Morgan fingerprint density at radius 3 is 2.38 bits per heavy atom. The van der Waals surface area contributed by atoms with E-state index in [1.807, 2.05) is 62.4 Å². The minimum Gasteiger partial charge on any atom is -0.484 e.